The first-order chi connectivity index (χ1) is 11.1. The van der Waals surface area contributed by atoms with E-state index in [4.69, 9.17) is 4.52 Å². The standard InChI is InChI=1S/C17H21N3O2S/c1-11(2)17-19-16(22-20-17)8-7-15(21)18-13-9-10-23-14-6-4-3-5-12(13)14/h3-6,11,13H,7-10H2,1-2H3,(H,18,21)/t13-/m0/s1. The average Bonchev–Trinajstić information content (AvgIpc) is 3.03. The molecule has 5 nitrogen and oxygen atoms in total. The quantitative estimate of drug-likeness (QED) is 0.908. The molecule has 0 saturated carbocycles. The minimum absolute atomic E-state index is 0.0287. The lowest BCUT2D eigenvalue weighted by Crippen LogP contribution is -2.30. The van der Waals surface area contributed by atoms with Crippen LogP contribution in [0, 0.1) is 0 Å². The molecule has 23 heavy (non-hydrogen) atoms. The lowest BCUT2D eigenvalue weighted by molar-refractivity contribution is -0.121. The summed E-state index contributed by atoms with van der Waals surface area (Å²) in [5.74, 6) is 2.52. The van der Waals surface area contributed by atoms with E-state index >= 15 is 0 Å². The molecule has 2 aromatic rings. The second-order valence-corrected chi connectivity index (χ2v) is 7.13. The molecule has 122 valence electrons. The van der Waals surface area contributed by atoms with Gasteiger partial charge < -0.3 is 9.84 Å². The Bertz CT molecular complexity index is 684. The molecule has 0 aliphatic carbocycles. The van der Waals surface area contributed by atoms with Crippen LogP contribution < -0.4 is 5.32 Å². The van der Waals surface area contributed by atoms with Crippen molar-refractivity contribution in [1.29, 1.82) is 0 Å². The predicted octanol–water partition coefficient (Wildman–Crippen LogP) is 3.48. The Labute approximate surface area is 140 Å². The van der Waals surface area contributed by atoms with E-state index in [1.54, 1.807) is 0 Å². The van der Waals surface area contributed by atoms with Gasteiger partial charge in [-0.25, -0.2) is 0 Å². The lowest BCUT2D eigenvalue weighted by Gasteiger charge is -2.25. The molecule has 0 spiro atoms. The Morgan fingerprint density at radius 2 is 2.26 bits per heavy atom. The Kier molecular flexibility index (Phi) is 5.00. The molecule has 0 fully saturated rings. The second-order valence-electron chi connectivity index (χ2n) is 6.00. The summed E-state index contributed by atoms with van der Waals surface area (Å²) in [6, 6.07) is 8.38. The van der Waals surface area contributed by atoms with E-state index in [0.717, 1.165) is 12.2 Å². The fourth-order valence-electron chi connectivity index (χ4n) is 2.58. The molecule has 1 atom stereocenters. The highest BCUT2D eigenvalue weighted by molar-refractivity contribution is 7.99. The van der Waals surface area contributed by atoms with Crippen molar-refractivity contribution in [3.8, 4) is 0 Å². The fraction of sp³-hybridized carbons (Fsp3) is 0.471. The van der Waals surface area contributed by atoms with Crippen LogP contribution in [-0.4, -0.2) is 21.8 Å². The minimum atomic E-state index is 0.0287. The monoisotopic (exact) mass is 331 g/mol. The molecule has 6 heteroatoms. The van der Waals surface area contributed by atoms with Gasteiger partial charge in [-0.3, -0.25) is 4.79 Å². The Morgan fingerprint density at radius 3 is 3.04 bits per heavy atom. The SMILES string of the molecule is CC(C)c1noc(CCC(=O)N[C@H]2CCSc3ccccc32)n1. The summed E-state index contributed by atoms with van der Waals surface area (Å²) >= 11 is 1.85. The van der Waals surface area contributed by atoms with Crippen LogP contribution in [0.25, 0.3) is 0 Å². The van der Waals surface area contributed by atoms with Crippen molar-refractivity contribution >= 4 is 17.7 Å². The Morgan fingerprint density at radius 1 is 1.43 bits per heavy atom. The van der Waals surface area contributed by atoms with Crippen molar-refractivity contribution in [3.63, 3.8) is 0 Å². The number of aryl methyl sites for hydroxylation is 1. The number of carbonyl (C=O) groups excluding carboxylic acids is 1. The van der Waals surface area contributed by atoms with E-state index in [-0.39, 0.29) is 17.9 Å². The number of fused-ring (bicyclic) bond motifs is 1. The largest absolute Gasteiger partial charge is 0.349 e. The molecular weight excluding hydrogens is 310 g/mol. The third kappa shape index (κ3) is 3.93. The van der Waals surface area contributed by atoms with Gasteiger partial charge >= 0.3 is 0 Å². The number of hydrogen-bond donors (Lipinski definition) is 1. The van der Waals surface area contributed by atoms with Gasteiger partial charge in [0.25, 0.3) is 0 Å². The third-order valence-electron chi connectivity index (χ3n) is 3.86. The van der Waals surface area contributed by atoms with Gasteiger partial charge in [0.2, 0.25) is 11.8 Å². The maximum atomic E-state index is 12.2. The molecule has 1 N–H and O–H groups in total. The van der Waals surface area contributed by atoms with Crippen LogP contribution in [0.5, 0.6) is 0 Å². The third-order valence-corrected chi connectivity index (χ3v) is 4.98. The number of nitrogens with one attached hydrogen (secondary N) is 1. The van der Waals surface area contributed by atoms with Gasteiger partial charge in [0.1, 0.15) is 0 Å². The normalized spacial score (nSPS) is 17.1. The van der Waals surface area contributed by atoms with Gasteiger partial charge in [-0.1, -0.05) is 37.2 Å². The number of benzene rings is 1. The minimum Gasteiger partial charge on any atom is -0.349 e. The van der Waals surface area contributed by atoms with Gasteiger partial charge in [-0.2, -0.15) is 4.98 Å². The van der Waals surface area contributed by atoms with Gasteiger partial charge in [-0.05, 0) is 18.1 Å². The highest BCUT2D eigenvalue weighted by atomic mass is 32.2. The number of rotatable bonds is 5. The van der Waals surface area contributed by atoms with Gasteiger partial charge in [0.15, 0.2) is 5.82 Å². The van der Waals surface area contributed by atoms with E-state index in [1.807, 2.05) is 37.7 Å². The van der Waals surface area contributed by atoms with E-state index in [9.17, 15) is 4.79 Å². The fourth-order valence-corrected chi connectivity index (χ4v) is 3.71. The first-order valence-electron chi connectivity index (χ1n) is 7.97. The molecule has 0 radical (unpaired) electrons. The molecule has 1 amide bonds. The summed E-state index contributed by atoms with van der Waals surface area (Å²) in [4.78, 5) is 17.8. The van der Waals surface area contributed by atoms with Crippen LogP contribution in [-0.2, 0) is 11.2 Å². The van der Waals surface area contributed by atoms with Crippen molar-refractivity contribution in [2.75, 3.05) is 5.75 Å². The second kappa shape index (κ2) is 7.17. The highest BCUT2D eigenvalue weighted by Gasteiger charge is 2.22. The van der Waals surface area contributed by atoms with Crippen molar-refractivity contribution in [1.82, 2.24) is 15.5 Å². The zero-order valence-electron chi connectivity index (χ0n) is 13.4. The van der Waals surface area contributed by atoms with E-state index in [0.29, 0.717) is 24.6 Å². The number of nitrogens with zero attached hydrogens (tertiary/aromatic N) is 2. The summed E-state index contributed by atoms with van der Waals surface area (Å²) < 4.78 is 5.18. The van der Waals surface area contributed by atoms with Crippen LogP contribution >= 0.6 is 11.8 Å². The predicted molar refractivity (Wildman–Crippen MR) is 89.4 cm³/mol. The van der Waals surface area contributed by atoms with Crippen molar-refractivity contribution < 1.29 is 9.32 Å². The van der Waals surface area contributed by atoms with Crippen LogP contribution in [0.2, 0.25) is 0 Å². The molecule has 0 bridgehead atoms. The number of amides is 1. The first-order valence-corrected chi connectivity index (χ1v) is 8.95. The zero-order chi connectivity index (χ0) is 16.2. The van der Waals surface area contributed by atoms with Crippen molar-refractivity contribution in [2.24, 2.45) is 0 Å². The molecule has 1 aliphatic rings. The molecule has 1 aliphatic heterocycles. The molecule has 0 saturated heterocycles. The summed E-state index contributed by atoms with van der Waals surface area (Å²) in [5, 5.41) is 7.05. The molecule has 1 aromatic carbocycles. The van der Waals surface area contributed by atoms with Gasteiger partial charge in [-0.15, -0.1) is 11.8 Å². The van der Waals surface area contributed by atoms with Crippen LogP contribution in [0.15, 0.2) is 33.7 Å². The summed E-state index contributed by atoms with van der Waals surface area (Å²) in [6.07, 6.45) is 1.81. The smallest absolute Gasteiger partial charge is 0.227 e. The van der Waals surface area contributed by atoms with E-state index in [2.05, 4.69) is 27.6 Å². The van der Waals surface area contributed by atoms with E-state index < -0.39 is 0 Å². The Balaban J connectivity index is 1.55. The average molecular weight is 331 g/mol. The highest BCUT2D eigenvalue weighted by Crippen LogP contribution is 2.35. The molecule has 0 unspecified atom stereocenters. The molecule has 2 heterocycles. The lowest BCUT2D eigenvalue weighted by atomic mass is 10.0. The van der Waals surface area contributed by atoms with Crippen molar-refractivity contribution in [3.05, 3.63) is 41.5 Å². The summed E-state index contributed by atoms with van der Waals surface area (Å²) in [7, 11) is 0. The van der Waals surface area contributed by atoms with Crippen molar-refractivity contribution in [2.45, 2.75) is 50.0 Å². The summed E-state index contributed by atoms with van der Waals surface area (Å²) in [5.41, 5.74) is 1.22. The number of thioether (sulfide) groups is 1. The maximum Gasteiger partial charge on any atom is 0.227 e. The maximum absolute atomic E-state index is 12.2. The zero-order valence-corrected chi connectivity index (χ0v) is 14.2. The number of carbonyl (C=O) groups is 1. The van der Waals surface area contributed by atoms with Crippen LogP contribution in [0.3, 0.4) is 0 Å². The van der Waals surface area contributed by atoms with Crippen LogP contribution in [0.1, 0.15) is 55.9 Å². The molecular formula is C17H21N3O2S. The van der Waals surface area contributed by atoms with Gasteiger partial charge in [0, 0.05) is 29.4 Å². The topological polar surface area (TPSA) is 68.0 Å². The molecule has 3 rings (SSSR count). The summed E-state index contributed by atoms with van der Waals surface area (Å²) in [6.45, 7) is 4.03. The number of hydrogen-bond acceptors (Lipinski definition) is 5. The molecule has 1 aromatic heterocycles. The Hall–Kier alpha value is -1.82. The van der Waals surface area contributed by atoms with Gasteiger partial charge in [0.05, 0.1) is 6.04 Å². The number of aromatic nitrogens is 2. The first kappa shape index (κ1) is 16.1. The van der Waals surface area contributed by atoms with E-state index in [1.165, 1.54) is 10.5 Å². The van der Waals surface area contributed by atoms with Crippen LogP contribution in [0.4, 0.5) is 0 Å².